The molecule has 1 atom stereocenters. The molecule has 0 aliphatic carbocycles. The Morgan fingerprint density at radius 3 is 2.83 bits per heavy atom. The van der Waals surface area contributed by atoms with Crippen molar-refractivity contribution in [3.8, 4) is 12.1 Å². The van der Waals surface area contributed by atoms with Crippen molar-refractivity contribution < 1.29 is 9.53 Å². The molecule has 2 heterocycles. The molecule has 7 heteroatoms. The summed E-state index contributed by atoms with van der Waals surface area (Å²) >= 11 is 0. The van der Waals surface area contributed by atoms with E-state index >= 15 is 0 Å². The van der Waals surface area contributed by atoms with Crippen LogP contribution in [-0.4, -0.2) is 53.6 Å². The van der Waals surface area contributed by atoms with Crippen LogP contribution >= 0.6 is 0 Å². The highest BCUT2D eigenvalue weighted by molar-refractivity contribution is 5.87. The van der Waals surface area contributed by atoms with E-state index in [0.29, 0.717) is 25.6 Å². The molecule has 0 aromatic carbocycles. The number of rotatable bonds is 5. The first kappa shape index (κ1) is 17.7. The summed E-state index contributed by atoms with van der Waals surface area (Å²) in [5, 5.41) is 9.10. The van der Waals surface area contributed by atoms with Gasteiger partial charge in [-0.1, -0.05) is 13.5 Å². The summed E-state index contributed by atoms with van der Waals surface area (Å²) in [7, 11) is 1.54. The number of carbonyl (C=O) groups excluding carboxylic acids is 1. The van der Waals surface area contributed by atoms with Crippen molar-refractivity contribution in [2.75, 3.05) is 31.6 Å². The van der Waals surface area contributed by atoms with Gasteiger partial charge in [-0.3, -0.25) is 4.79 Å². The maximum absolute atomic E-state index is 12.0. The van der Waals surface area contributed by atoms with E-state index in [9.17, 15) is 4.79 Å². The van der Waals surface area contributed by atoms with E-state index in [4.69, 9.17) is 10.00 Å². The van der Waals surface area contributed by atoms with Crippen LogP contribution in [0, 0.1) is 18.3 Å². The lowest BCUT2D eigenvalue weighted by Crippen LogP contribution is -2.55. The number of nitriles is 1. The van der Waals surface area contributed by atoms with Crippen molar-refractivity contribution in [3.05, 3.63) is 23.9 Å². The van der Waals surface area contributed by atoms with Gasteiger partial charge in [-0.25, -0.2) is 4.98 Å². The highest BCUT2D eigenvalue weighted by Crippen LogP contribution is 2.26. The molecule has 0 spiro atoms. The summed E-state index contributed by atoms with van der Waals surface area (Å²) in [4.78, 5) is 24.7. The van der Waals surface area contributed by atoms with Gasteiger partial charge in [-0.15, -0.1) is 0 Å². The third kappa shape index (κ3) is 3.48. The van der Waals surface area contributed by atoms with Crippen LogP contribution in [-0.2, 0) is 11.2 Å². The summed E-state index contributed by atoms with van der Waals surface area (Å²) in [5.74, 6) is 0.692. The maximum Gasteiger partial charge on any atom is 0.318 e. The Morgan fingerprint density at radius 1 is 1.50 bits per heavy atom. The van der Waals surface area contributed by atoms with Gasteiger partial charge in [-0.2, -0.15) is 10.2 Å². The predicted octanol–water partition coefficient (Wildman–Crippen LogP) is 1.47. The second-order valence-electron chi connectivity index (χ2n) is 5.65. The lowest BCUT2D eigenvalue weighted by Gasteiger charge is -2.41. The third-order valence-electron chi connectivity index (χ3n) is 4.27. The molecule has 0 radical (unpaired) electrons. The number of hydrogen-bond donors (Lipinski definition) is 0. The Bertz CT molecular complexity index is 668. The molecule has 24 heavy (non-hydrogen) atoms. The molecule has 128 valence electrons. The van der Waals surface area contributed by atoms with Gasteiger partial charge < -0.3 is 14.5 Å². The lowest BCUT2D eigenvalue weighted by atomic mass is 10.1. The molecule has 1 amide bonds. The van der Waals surface area contributed by atoms with Gasteiger partial charge in [0.1, 0.15) is 5.82 Å². The van der Waals surface area contributed by atoms with Crippen molar-refractivity contribution >= 4 is 11.7 Å². The first-order valence-corrected chi connectivity index (χ1v) is 8.02. The molecule has 0 bridgehead atoms. The monoisotopic (exact) mass is 329 g/mol. The number of ether oxygens (including phenoxy) is 1. The molecule has 1 aromatic heterocycles. The second-order valence-corrected chi connectivity index (χ2v) is 5.65. The van der Waals surface area contributed by atoms with Crippen molar-refractivity contribution in [1.29, 1.82) is 5.26 Å². The number of amides is 1. The molecular formula is C17H23N5O2. The van der Waals surface area contributed by atoms with Crippen LogP contribution in [0.1, 0.15) is 24.6 Å². The average Bonchev–Trinajstić information content (AvgIpc) is 2.60. The molecule has 1 aliphatic rings. The molecule has 7 nitrogen and oxygen atoms in total. The average molecular weight is 329 g/mol. The summed E-state index contributed by atoms with van der Waals surface area (Å²) < 4.78 is 5.20. The topological polar surface area (TPSA) is 82.3 Å². The van der Waals surface area contributed by atoms with Crippen LogP contribution in [0.3, 0.4) is 0 Å². The molecular weight excluding hydrogens is 306 g/mol. The Kier molecular flexibility index (Phi) is 5.74. The quantitative estimate of drug-likeness (QED) is 0.761. The van der Waals surface area contributed by atoms with Gasteiger partial charge in [0, 0.05) is 30.9 Å². The van der Waals surface area contributed by atoms with E-state index in [0.717, 1.165) is 23.5 Å². The highest BCUT2D eigenvalue weighted by Gasteiger charge is 2.31. The van der Waals surface area contributed by atoms with E-state index in [-0.39, 0.29) is 18.4 Å². The molecule has 0 N–H and O–H groups in total. The normalized spacial score (nSPS) is 17.3. The molecule has 0 saturated carbocycles. The smallest absolute Gasteiger partial charge is 0.318 e. The van der Waals surface area contributed by atoms with Crippen LogP contribution in [0.5, 0.6) is 6.01 Å². The number of hydrogen-bond acceptors (Lipinski definition) is 6. The summed E-state index contributed by atoms with van der Waals surface area (Å²) in [6.07, 6.45) is 2.38. The number of piperazine rings is 1. The minimum atomic E-state index is -0.180. The van der Waals surface area contributed by atoms with Crippen LogP contribution in [0.15, 0.2) is 12.7 Å². The summed E-state index contributed by atoms with van der Waals surface area (Å²) in [5.41, 5.74) is 1.95. The lowest BCUT2D eigenvalue weighted by molar-refractivity contribution is -0.128. The molecule has 1 aliphatic heterocycles. The summed E-state index contributed by atoms with van der Waals surface area (Å²) in [6, 6.07) is 2.32. The number of anilines is 1. The van der Waals surface area contributed by atoms with Gasteiger partial charge >= 0.3 is 6.01 Å². The van der Waals surface area contributed by atoms with E-state index in [2.05, 4.69) is 34.4 Å². The fourth-order valence-corrected chi connectivity index (χ4v) is 3.06. The highest BCUT2D eigenvalue weighted by atomic mass is 16.5. The first-order chi connectivity index (χ1) is 11.5. The zero-order valence-corrected chi connectivity index (χ0v) is 14.4. The number of aromatic nitrogens is 2. The van der Waals surface area contributed by atoms with Gasteiger partial charge in [0.25, 0.3) is 0 Å². The van der Waals surface area contributed by atoms with E-state index in [1.165, 1.54) is 6.08 Å². The van der Waals surface area contributed by atoms with Crippen LogP contribution in [0.4, 0.5) is 5.82 Å². The zero-order valence-electron chi connectivity index (χ0n) is 14.4. The van der Waals surface area contributed by atoms with E-state index < -0.39 is 0 Å². The minimum absolute atomic E-state index is 0.137. The maximum atomic E-state index is 12.0. The Morgan fingerprint density at radius 2 is 2.25 bits per heavy atom. The largest absolute Gasteiger partial charge is 0.467 e. The standard InChI is InChI=1S/C17H23N5O2/c1-5-14-12(3)19-17(24-4)20-16(14)21-9-10-22(15(23)6-2)13(11-21)7-8-18/h6,13H,2,5,7,9-11H2,1,3-4H3/t13-/m0/s1. The molecule has 1 fully saturated rings. The minimum Gasteiger partial charge on any atom is -0.467 e. The van der Waals surface area contributed by atoms with Crippen molar-refractivity contribution in [2.45, 2.75) is 32.7 Å². The van der Waals surface area contributed by atoms with Crippen LogP contribution < -0.4 is 9.64 Å². The number of carbonyl (C=O) groups is 1. The Hall–Kier alpha value is -2.62. The number of aryl methyl sites for hydroxylation is 1. The third-order valence-corrected chi connectivity index (χ3v) is 4.27. The van der Waals surface area contributed by atoms with Gasteiger partial charge in [-0.05, 0) is 19.4 Å². The van der Waals surface area contributed by atoms with Crippen molar-refractivity contribution in [3.63, 3.8) is 0 Å². The zero-order chi connectivity index (χ0) is 17.7. The van der Waals surface area contributed by atoms with Crippen molar-refractivity contribution in [1.82, 2.24) is 14.9 Å². The second kappa shape index (κ2) is 7.77. The van der Waals surface area contributed by atoms with Gasteiger partial charge in [0.2, 0.25) is 5.91 Å². The number of nitrogens with zero attached hydrogens (tertiary/aromatic N) is 5. The van der Waals surface area contributed by atoms with Gasteiger partial charge in [0.15, 0.2) is 0 Å². The Labute approximate surface area is 142 Å². The number of methoxy groups -OCH3 is 1. The Balaban J connectivity index is 2.34. The predicted molar refractivity (Wildman–Crippen MR) is 90.8 cm³/mol. The fraction of sp³-hybridized carbons (Fsp3) is 0.529. The fourth-order valence-electron chi connectivity index (χ4n) is 3.06. The van der Waals surface area contributed by atoms with E-state index in [1.807, 2.05) is 6.92 Å². The molecule has 2 rings (SSSR count). The summed E-state index contributed by atoms with van der Waals surface area (Å²) in [6.45, 7) is 9.28. The van der Waals surface area contributed by atoms with Gasteiger partial charge in [0.05, 0.1) is 25.6 Å². The SMILES string of the molecule is C=CC(=O)N1CCN(c2nc(OC)nc(C)c2CC)C[C@@H]1CC#N. The molecule has 1 saturated heterocycles. The molecule has 1 aromatic rings. The van der Waals surface area contributed by atoms with Crippen LogP contribution in [0.25, 0.3) is 0 Å². The first-order valence-electron chi connectivity index (χ1n) is 8.02. The molecule has 0 unspecified atom stereocenters. The van der Waals surface area contributed by atoms with Crippen molar-refractivity contribution in [2.24, 2.45) is 0 Å². The van der Waals surface area contributed by atoms with E-state index in [1.54, 1.807) is 12.0 Å². The van der Waals surface area contributed by atoms with Crippen LogP contribution in [0.2, 0.25) is 0 Å².